The highest BCUT2D eigenvalue weighted by Gasteiger charge is 2.35. The molecule has 192 valence electrons. The van der Waals surface area contributed by atoms with Crippen LogP contribution in [0.4, 0.5) is 0 Å². The Morgan fingerprint density at radius 3 is 2.22 bits per heavy atom. The molecule has 0 unspecified atom stereocenters. The molecule has 1 saturated heterocycles. The Morgan fingerprint density at radius 1 is 0.861 bits per heavy atom. The van der Waals surface area contributed by atoms with Crippen molar-refractivity contribution in [3.8, 4) is 0 Å². The molecular formula is C32H42N2O2. The second-order valence-corrected chi connectivity index (χ2v) is 11.4. The number of nitrogens with zero attached hydrogens (tertiary/aromatic N) is 2. The Hall–Kier alpha value is -2.33. The molecule has 0 N–H and O–H groups in total. The number of pyridine rings is 1. The fraction of sp³-hybridized carbons (Fsp3) is 0.594. The maximum atomic E-state index is 13.5. The molecule has 0 spiro atoms. The summed E-state index contributed by atoms with van der Waals surface area (Å²) in [4.78, 5) is 23.4. The van der Waals surface area contributed by atoms with Gasteiger partial charge in [0.1, 0.15) is 5.78 Å². The fourth-order valence-electron chi connectivity index (χ4n) is 6.71. The summed E-state index contributed by atoms with van der Waals surface area (Å²) in [7, 11) is 0. The summed E-state index contributed by atoms with van der Waals surface area (Å²) in [6.45, 7) is 3.78. The van der Waals surface area contributed by atoms with Crippen molar-refractivity contribution in [1.29, 1.82) is 0 Å². The van der Waals surface area contributed by atoms with E-state index in [-0.39, 0.29) is 11.8 Å². The van der Waals surface area contributed by atoms with E-state index in [1.165, 1.54) is 29.7 Å². The molecule has 2 heterocycles. The molecule has 4 heteroatoms. The van der Waals surface area contributed by atoms with Crippen LogP contribution in [0.1, 0.15) is 81.0 Å². The van der Waals surface area contributed by atoms with Crippen LogP contribution in [-0.2, 0) is 16.0 Å². The average Bonchev–Trinajstić information content (AvgIpc) is 2.93. The smallest absolute Gasteiger partial charge is 0.139 e. The Balaban J connectivity index is 1.15. The van der Waals surface area contributed by atoms with E-state index < -0.39 is 0 Å². The highest BCUT2D eigenvalue weighted by molar-refractivity contribution is 6.01. The first kappa shape index (κ1) is 25.3. The number of aromatic nitrogens is 1. The van der Waals surface area contributed by atoms with Crippen LogP contribution in [0, 0.1) is 30.6 Å². The number of aryl methyl sites for hydroxylation is 1. The molecule has 4 nitrogen and oxygen atoms in total. The molecule has 1 aromatic heterocycles. The lowest BCUT2D eigenvalue weighted by molar-refractivity contribution is -0.129. The summed E-state index contributed by atoms with van der Waals surface area (Å²) >= 11 is 0. The second-order valence-electron chi connectivity index (χ2n) is 11.4. The molecule has 1 aromatic carbocycles. The van der Waals surface area contributed by atoms with Crippen LogP contribution in [0.15, 0.2) is 53.7 Å². The zero-order chi connectivity index (χ0) is 24.7. The van der Waals surface area contributed by atoms with Crippen molar-refractivity contribution in [1.82, 2.24) is 4.98 Å². The fourth-order valence-corrected chi connectivity index (χ4v) is 6.71. The topological polar surface area (TPSA) is 51.5 Å². The van der Waals surface area contributed by atoms with Gasteiger partial charge in [0.2, 0.25) is 0 Å². The van der Waals surface area contributed by atoms with Gasteiger partial charge in [0.25, 0.3) is 0 Å². The van der Waals surface area contributed by atoms with Gasteiger partial charge in [-0.05, 0) is 101 Å². The van der Waals surface area contributed by atoms with Gasteiger partial charge in [-0.1, -0.05) is 35.9 Å². The number of ketones is 1. The first-order valence-corrected chi connectivity index (χ1v) is 14.3. The van der Waals surface area contributed by atoms with Crippen LogP contribution >= 0.6 is 0 Å². The normalized spacial score (nSPS) is 28.1. The lowest BCUT2D eigenvalue weighted by atomic mass is 9.71. The number of aliphatic imine (C=N–C) groups is 1. The van der Waals surface area contributed by atoms with Gasteiger partial charge in [-0.25, -0.2) is 0 Å². The van der Waals surface area contributed by atoms with Crippen LogP contribution in [0.3, 0.4) is 0 Å². The van der Waals surface area contributed by atoms with Crippen LogP contribution in [-0.4, -0.2) is 35.7 Å². The van der Waals surface area contributed by atoms with E-state index in [1.807, 2.05) is 12.3 Å². The second kappa shape index (κ2) is 12.3. The van der Waals surface area contributed by atoms with E-state index in [2.05, 4.69) is 48.3 Å². The Labute approximate surface area is 217 Å². The van der Waals surface area contributed by atoms with E-state index in [9.17, 15) is 4.79 Å². The maximum absolute atomic E-state index is 13.5. The minimum Gasteiger partial charge on any atom is -0.381 e. The first-order valence-electron chi connectivity index (χ1n) is 14.3. The maximum Gasteiger partial charge on any atom is 0.139 e. The van der Waals surface area contributed by atoms with Crippen molar-refractivity contribution in [2.24, 2.45) is 28.7 Å². The van der Waals surface area contributed by atoms with Crippen LogP contribution in [0.2, 0.25) is 0 Å². The molecule has 0 atom stereocenters. The molecule has 36 heavy (non-hydrogen) atoms. The predicted molar refractivity (Wildman–Crippen MR) is 145 cm³/mol. The van der Waals surface area contributed by atoms with Crippen LogP contribution in [0.5, 0.6) is 0 Å². The Kier molecular flexibility index (Phi) is 8.63. The molecule has 0 radical (unpaired) electrons. The molecule has 3 fully saturated rings. The monoisotopic (exact) mass is 486 g/mol. The lowest BCUT2D eigenvalue weighted by Gasteiger charge is -2.34. The molecule has 5 rings (SSSR count). The summed E-state index contributed by atoms with van der Waals surface area (Å²) < 4.78 is 5.55. The highest BCUT2D eigenvalue weighted by Crippen LogP contribution is 2.38. The number of hydrogen-bond acceptors (Lipinski definition) is 4. The largest absolute Gasteiger partial charge is 0.381 e. The predicted octanol–water partition coefficient (Wildman–Crippen LogP) is 6.78. The number of rotatable bonds is 7. The number of Topliss-reactive ketones (excluding diaryl/α,β-unsaturated/α-hetero) is 1. The van der Waals surface area contributed by atoms with Crippen molar-refractivity contribution >= 4 is 11.5 Å². The summed E-state index contributed by atoms with van der Waals surface area (Å²) in [5.41, 5.74) is 4.99. The van der Waals surface area contributed by atoms with Gasteiger partial charge in [0, 0.05) is 37.2 Å². The quantitative estimate of drug-likeness (QED) is 0.405. The molecule has 2 saturated carbocycles. The molecule has 2 aliphatic carbocycles. The van der Waals surface area contributed by atoms with Gasteiger partial charge >= 0.3 is 0 Å². The number of benzene rings is 1. The third-order valence-electron chi connectivity index (χ3n) is 8.81. The van der Waals surface area contributed by atoms with Crippen LogP contribution < -0.4 is 0 Å². The van der Waals surface area contributed by atoms with E-state index in [0.717, 1.165) is 82.6 Å². The van der Waals surface area contributed by atoms with Crippen LogP contribution in [0.25, 0.3) is 0 Å². The standard InChI is InChI=1S/C32H42N2O2/c1-23-5-4-6-25(21-23)22-24-8-10-27(11-9-24)32(35)28-14-12-26(13-15-28)31(30-7-2-3-18-33-30)34-29-16-19-36-20-17-29/h2-7,18,21,24,26-29H,8-17,19-20,22H2,1H3. The molecule has 1 aliphatic heterocycles. The zero-order valence-electron chi connectivity index (χ0n) is 21.9. The van der Waals surface area contributed by atoms with Gasteiger partial charge in [-0.2, -0.15) is 0 Å². The highest BCUT2D eigenvalue weighted by atomic mass is 16.5. The Morgan fingerprint density at radius 2 is 1.56 bits per heavy atom. The molecule has 0 bridgehead atoms. The van der Waals surface area contributed by atoms with E-state index in [0.29, 0.717) is 17.7 Å². The number of carbonyl (C=O) groups is 1. The minimum atomic E-state index is 0.243. The van der Waals surface area contributed by atoms with Crippen molar-refractivity contribution < 1.29 is 9.53 Å². The third-order valence-corrected chi connectivity index (χ3v) is 8.81. The SMILES string of the molecule is Cc1cccc(CC2CCC(C(=O)C3CCC(C(=NC4CCOCC4)c4ccccn4)CC3)CC2)c1. The summed E-state index contributed by atoms with van der Waals surface area (Å²) in [5.74, 6) is 2.23. The molecule has 3 aliphatic rings. The van der Waals surface area contributed by atoms with Crippen molar-refractivity contribution in [2.45, 2.75) is 83.6 Å². The van der Waals surface area contributed by atoms with Gasteiger partial charge < -0.3 is 4.74 Å². The zero-order valence-corrected chi connectivity index (χ0v) is 21.9. The number of carbonyl (C=O) groups excluding carboxylic acids is 1. The summed E-state index contributed by atoms with van der Waals surface area (Å²) in [6, 6.07) is 15.4. The molecule has 2 aromatic rings. The lowest BCUT2D eigenvalue weighted by Crippen LogP contribution is -2.33. The van der Waals surface area contributed by atoms with Crippen molar-refractivity contribution in [2.75, 3.05) is 13.2 Å². The summed E-state index contributed by atoms with van der Waals surface area (Å²) in [6.07, 6.45) is 13.7. The first-order chi connectivity index (χ1) is 17.7. The van der Waals surface area contributed by atoms with E-state index >= 15 is 0 Å². The molecule has 0 amide bonds. The van der Waals surface area contributed by atoms with Gasteiger partial charge in [-0.3, -0.25) is 14.8 Å². The molecular weight excluding hydrogens is 444 g/mol. The third kappa shape index (κ3) is 6.51. The number of ether oxygens (including phenoxy) is 1. The van der Waals surface area contributed by atoms with Gasteiger partial charge in [-0.15, -0.1) is 0 Å². The van der Waals surface area contributed by atoms with Gasteiger partial charge in [0.05, 0.1) is 17.4 Å². The van der Waals surface area contributed by atoms with Gasteiger partial charge in [0.15, 0.2) is 0 Å². The Bertz CT molecular complexity index is 1010. The van der Waals surface area contributed by atoms with Crippen molar-refractivity contribution in [3.63, 3.8) is 0 Å². The average molecular weight is 487 g/mol. The van der Waals surface area contributed by atoms with Crippen molar-refractivity contribution in [3.05, 3.63) is 65.5 Å². The van der Waals surface area contributed by atoms with E-state index in [4.69, 9.17) is 9.73 Å². The number of hydrogen-bond donors (Lipinski definition) is 0. The minimum absolute atomic E-state index is 0.243. The van der Waals surface area contributed by atoms with E-state index in [1.54, 1.807) is 0 Å². The summed E-state index contributed by atoms with van der Waals surface area (Å²) in [5, 5.41) is 0.